The summed E-state index contributed by atoms with van der Waals surface area (Å²) in [6.07, 6.45) is 0.537. The number of rotatable bonds is 2. The van der Waals surface area contributed by atoms with Crippen LogP contribution in [0, 0.1) is 0 Å². The highest BCUT2D eigenvalue weighted by Crippen LogP contribution is 1.77. The van der Waals surface area contributed by atoms with Crippen LogP contribution >= 0.6 is 0 Å². The lowest BCUT2D eigenvalue weighted by atomic mass is 10.5. The molecule has 0 N–H and O–H groups in total. The molecule has 0 aliphatic rings. The molecule has 0 aromatic heterocycles. The average Bonchev–Trinajstić information content (AvgIpc) is 1.68. The monoisotopic (exact) mass is 134 g/mol. The predicted molar refractivity (Wildman–Crippen MR) is 34.9 cm³/mol. The molecule has 0 heterocycles. The topological polar surface area (TPSA) is 26.3 Å². The first-order valence-electron chi connectivity index (χ1n) is 2.46. The average molecular weight is 134 g/mol. The van der Waals surface area contributed by atoms with Crippen LogP contribution < -0.4 is 0 Å². The summed E-state index contributed by atoms with van der Waals surface area (Å²) in [6.45, 7) is 1.81. The van der Waals surface area contributed by atoms with E-state index in [4.69, 9.17) is 4.43 Å². The van der Waals surface area contributed by atoms with Gasteiger partial charge in [-0.1, -0.05) is 6.92 Å². The van der Waals surface area contributed by atoms with Gasteiger partial charge in [-0.3, -0.25) is 4.79 Å². The fourth-order valence-electron chi connectivity index (χ4n) is 0.263. The molecule has 0 spiro atoms. The summed E-state index contributed by atoms with van der Waals surface area (Å²) in [6, 6.07) is 0. The minimum absolute atomic E-state index is 0.0262. The third-order valence-corrected chi connectivity index (χ3v) is 2.07. The Morgan fingerprint density at radius 3 is 2.71 bits per heavy atom. The summed E-state index contributed by atoms with van der Waals surface area (Å²) in [4.78, 5) is 10.2. The first-order chi connectivity index (χ1) is 3.31. The highest BCUT2D eigenvalue weighted by atomic mass is 29.1. The first-order valence-corrected chi connectivity index (χ1v) is 8.70. The Kier molecular flexibility index (Phi) is 4.02. The van der Waals surface area contributed by atoms with Gasteiger partial charge in [-0.25, -0.2) is 0 Å². The quantitative estimate of drug-likeness (QED) is 0.421. The van der Waals surface area contributed by atoms with Crippen molar-refractivity contribution in [2.45, 2.75) is 13.3 Å². The van der Waals surface area contributed by atoms with Gasteiger partial charge in [0.25, 0.3) is 5.97 Å². The van der Waals surface area contributed by atoms with E-state index in [9.17, 15) is 4.79 Å². The molecule has 4 heteroatoms. The second-order valence-corrected chi connectivity index (χ2v) is 3.76. The molecule has 42 valence electrons. The maximum absolute atomic E-state index is 10.2. The van der Waals surface area contributed by atoms with Crippen molar-refractivity contribution in [1.82, 2.24) is 0 Å². The SMILES string of the molecule is CCC(=O)O[SiH2][SiH3]. The second-order valence-electron chi connectivity index (χ2n) is 1.16. The maximum Gasteiger partial charge on any atom is 0.291 e. The molecule has 0 aromatic carbocycles. The largest absolute Gasteiger partial charge is 0.529 e. The van der Waals surface area contributed by atoms with Crippen LogP contribution in [0.15, 0.2) is 0 Å². The zero-order valence-electron chi connectivity index (χ0n) is 4.73. The van der Waals surface area contributed by atoms with Crippen LogP contribution in [-0.4, -0.2) is 25.0 Å². The molecule has 2 nitrogen and oxygen atoms in total. The van der Waals surface area contributed by atoms with Gasteiger partial charge in [0.1, 0.15) is 0 Å². The van der Waals surface area contributed by atoms with Gasteiger partial charge in [0, 0.05) is 16.2 Å². The van der Waals surface area contributed by atoms with Gasteiger partial charge >= 0.3 is 0 Å². The number of hydrogen-bond donors (Lipinski definition) is 0. The van der Waals surface area contributed by atoms with Crippen molar-refractivity contribution in [3.8, 4) is 0 Å². The van der Waals surface area contributed by atoms with Crippen molar-refractivity contribution in [2.75, 3.05) is 0 Å². The van der Waals surface area contributed by atoms with E-state index < -0.39 is 0 Å². The predicted octanol–water partition coefficient (Wildman–Crippen LogP) is -1.70. The van der Waals surface area contributed by atoms with E-state index in [2.05, 4.69) is 0 Å². The number of hydrogen-bond acceptors (Lipinski definition) is 2. The van der Waals surface area contributed by atoms with Crippen molar-refractivity contribution in [1.29, 1.82) is 0 Å². The fraction of sp³-hybridized carbons (Fsp3) is 0.667. The molecule has 0 aliphatic heterocycles. The highest BCUT2D eigenvalue weighted by molar-refractivity contribution is 6.86. The van der Waals surface area contributed by atoms with Gasteiger partial charge in [0.05, 0.1) is 0 Å². The highest BCUT2D eigenvalue weighted by Gasteiger charge is 1.90. The maximum atomic E-state index is 10.2. The zero-order valence-corrected chi connectivity index (χ0v) is 8.14. The third kappa shape index (κ3) is 3.74. The van der Waals surface area contributed by atoms with Gasteiger partial charge in [0.15, 0.2) is 9.28 Å². The molecule has 0 atom stereocenters. The molecule has 7 heavy (non-hydrogen) atoms. The fourth-order valence-corrected chi connectivity index (χ4v) is 1.76. The van der Waals surface area contributed by atoms with Gasteiger partial charge < -0.3 is 4.43 Å². The van der Waals surface area contributed by atoms with Crippen LogP contribution in [0.4, 0.5) is 0 Å². The van der Waals surface area contributed by atoms with E-state index in [-0.39, 0.29) is 15.2 Å². The van der Waals surface area contributed by atoms with Gasteiger partial charge in [-0.05, 0) is 0 Å². The molecule has 0 bridgehead atoms. The molecular weight excluding hydrogens is 124 g/mol. The Morgan fingerprint density at radius 2 is 2.57 bits per heavy atom. The Morgan fingerprint density at radius 1 is 2.00 bits per heavy atom. The number of carbonyl (C=O) groups excluding carboxylic acids is 1. The van der Waals surface area contributed by atoms with E-state index in [0.29, 0.717) is 6.42 Å². The van der Waals surface area contributed by atoms with Crippen LogP contribution in [0.3, 0.4) is 0 Å². The minimum Gasteiger partial charge on any atom is -0.529 e. The second kappa shape index (κ2) is 4.07. The summed E-state index contributed by atoms with van der Waals surface area (Å²) in [7, 11) is 0.732. The van der Waals surface area contributed by atoms with E-state index in [1.54, 1.807) is 0 Å². The van der Waals surface area contributed by atoms with Crippen LogP contribution in [0.5, 0.6) is 0 Å². The summed E-state index contributed by atoms with van der Waals surface area (Å²) in [5.41, 5.74) is 0. The van der Waals surface area contributed by atoms with E-state index in [0.717, 1.165) is 9.76 Å². The smallest absolute Gasteiger partial charge is 0.291 e. The molecule has 0 radical (unpaired) electrons. The van der Waals surface area contributed by atoms with E-state index in [1.165, 1.54) is 0 Å². The summed E-state index contributed by atoms with van der Waals surface area (Å²) >= 11 is 0. The van der Waals surface area contributed by atoms with Crippen molar-refractivity contribution < 1.29 is 9.22 Å². The van der Waals surface area contributed by atoms with Crippen LogP contribution in [0.25, 0.3) is 0 Å². The zero-order chi connectivity index (χ0) is 5.70. The lowest BCUT2D eigenvalue weighted by Crippen LogP contribution is -2.06. The molecule has 0 aromatic rings. The minimum atomic E-state index is -0.355. The van der Waals surface area contributed by atoms with E-state index in [1.807, 2.05) is 6.92 Å². The van der Waals surface area contributed by atoms with Crippen LogP contribution in [-0.2, 0) is 9.22 Å². The lowest BCUT2D eigenvalue weighted by Gasteiger charge is -1.94. The van der Waals surface area contributed by atoms with Crippen molar-refractivity contribution >= 4 is 25.0 Å². The van der Waals surface area contributed by atoms with Gasteiger partial charge in [0.2, 0.25) is 0 Å². The molecule has 0 saturated heterocycles. The Hall–Kier alpha value is -0.0962. The van der Waals surface area contributed by atoms with Crippen LogP contribution in [0.1, 0.15) is 13.3 Å². The molecular formula is C3H10O2Si2. The van der Waals surface area contributed by atoms with E-state index >= 15 is 0 Å². The summed E-state index contributed by atoms with van der Waals surface area (Å²) in [5, 5.41) is 0. The van der Waals surface area contributed by atoms with Crippen LogP contribution in [0.2, 0.25) is 0 Å². The molecule has 0 saturated carbocycles. The molecule has 0 unspecified atom stereocenters. The van der Waals surface area contributed by atoms with Crippen molar-refractivity contribution in [3.63, 3.8) is 0 Å². The Labute approximate surface area is 48.4 Å². The normalized spacial score (nSPS) is 10.4. The Bertz CT molecular complexity index is 64.0. The molecule has 0 fully saturated rings. The van der Waals surface area contributed by atoms with Crippen molar-refractivity contribution in [2.24, 2.45) is 0 Å². The van der Waals surface area contributed by atoms with Gasteiger partial charge in [-0.2, -0.15) is 0 Å². The third-order valence-electron chi connectivity index (χ3n) is 0.594. The summed E-state index contributed by atoms with van der Waals surface area (Å²) < 4.78 is 4.75. The molecule has 0 rings (SSSR count). The number of carbonyl (C=O) groups is 1. The lowest BCUT2D eigenvalue weighted by molar-refractivity contribution is -0.133. The first kappa shape index (κ1) is 6.90. The Balaban J connectivity index is 3.00. The molecule has 0 amide bonds. The van der Waals surface area contributed by atoms with Crippen molar-refractivity contribution in [3.05, 3.63) is 0 Å². The summed E-state index contributed by atoms with van der Waals surface area (Å²) in [5.74, 6) is -0.0262. The van der Waals surface area contributed by atoms with Gasteiger partial charge in [-0.15, -0.1) is 0 Å². The molecule has 0 aliphatic carbocycles. The standard InChI is InChI=1S/C3H10O2Si2/c1-2-3(4)5-7-6/h2,7H2,1,6H3.